The molecule has 3 heteroatoms. The highest BCUT2D eigenvalue weighted by molar-refractivity contribution is 6.03. The summed E-state index contributed by atoms with van der Waals surface area (Å²) in [5.41, 5.74) is 1.21. The minimum Gasteiger partial charge on any atom is -0.507 e. The Morgan fingerprint density at radius 3 is 1.96 bits per heavy atom. The van der Waals surface area contributed by atoms with Crippen LogP contribution < -0.4 is 4.74 Å². The summed E-state index contributed by atoms with van der Waals surface area (Å²) in [6, 6.07) is 24.4. The molecule has 1 aliphatic rings. The Kier molecular flexibility index (Phi) is 3.35. The molecule has 0 amide bonds. The molecule has 0 unspecified atom stereocenters. The average Bonchev–Trinajstić information content (AvgIpc) is 2.63. The Morgan fingerprint density at radius 2 is 1.38 bits per heavy atom. The van der Waals surface area contributed by atoms with Crippen LogP contribution in [-0.4, -0.2) is 10.9 Å². The monoisotopic (exact) mass is 316 g/mol. The molecule has 1 N–H and O–H groups in total. The SMILES string of the molecule is O=C1CC(c2ccccc2)(c2ccccc2)Oc2cccc(O)c21. The van der Waals surface area contributed by atoms with E-state index >= 15 is 0 Å². The Morgan fingerprint density at radius 1 is 0.792 bits per heavy atom. The van der Waals surface area contributed by atoms with Crippen molar-refractivity contribution in [3.05, 3.63) is 95.6 Å². The average molecular weight is 316 g/mol. The lowest BCUT2D eigenvalue weighted by Gasteiger charge is -2.39. The molecule has 0 saturated heterocycles. The van der Waals surface area contributed by atoms with Crippen LogP contribution in [-0.2, 0) is 5.60 Å². The van der Waals surface area contributed by atoms with Gasteiger partial charge in [-0.15, -0.1) is 0 Å². The Hall–Kier alpha value is -3.07. The number of fused-ring (bicyclic) bond motifs is 1. The first-order valence-corrected chi connectivity index (χ1v) is 7.86. The lowest BCUT2D eigenvalue weighted by Crippen LogP contribution is -2.40. The number of hydrogen-bond acceptors (Lipinski definition) is 3. The minimum atomic E-state index is -0.888. The quantitative estimate of drug-likeness (QED) is 0.766. The number of Topliss-reactive ketones (excluding diaryl/α,β-unsaturated/α-hetero) is 1. The number of rotatable bonds is 2. The number of hydrogen-bond donors (Lipinski definition) is 1. The first-order chi connectivity index (χ1) is 11.7. The highest BCUT2D eigenvalue weighted by Crippen LogP contribution is 2.46. The van der Waals surface area contributed by atoms with E-state index in [-0.39, 0.29) is 23.5 Å². The number of phenols is 1. The van der Waals surface area contributed by atoms with Gasteiger partial charge in [-0.05, 0) is 12.1 Å². The first kappa shape index (κ1) is 14.5. The second-order valence-electron chi connectivity index (χ2n) is 5.91. The number of aromatic hydroxyl groups is 1. The van der Waals surface area contributed by atoms with Crippen molar-refractivity contribution in [2.45, 2.75) is 12.0 Å². The minimum absolute atomic E-state index is 0.0350. The van der Waals surface area contributed by atoms with Crippen LogP contribution in [0.15, 0.2) is 78.9 Å². The molecule has 0 radical (unpaired) electrons. The number of carbonyl (C=O) groups is 1. The molecule has 0 aliphatic carbocycles. The number of ether oxygens (including phenoxy) is 1. The zero-order valence-corrected chi connectivity index (χ0v) is 13.0. The maximum atomic E-state index is 12.8. The van der Waals surface area contributed by atoms with Crippen LogP contribution in [0.2, 0.25) is 0 Å². The number of phenolic OH excluding ortho intramolecular Hbond substituents is 1. The molecule has 24 heavy (non-hydrogen) atoms. The predicted octanol–water partition coefficient (Wildman–Crippen LogP) is 4.30. The van der Waals surface area contributed by atoms with Crippen molar-refractivity contribution in [2.24, 2.45) is 0 Å². The van der Waals surface area contributed by atoms with Crippen molar-refractivity contribution in [1.29, 1.82) is 0 Å². The molecule has 3 aromatic rings. The fourth-order valence-electron chi connectivity index (χ4n) is 3.33. The largest absolute Gasteiger partial charge is 0.507 e. The summed E-state index contributed by atoms with van der Waals surface area (Å²) in [4.78, 5) is 12.8. The third-order valence-corrected chi connectivity index (χ3v) is 4.46. The van der Waals surface area contributed by atoms with E-state index in [1.165, 1.54) is 6.07 Å². The van der Waals surface area contributed by atoms with Crippen LogP contribution in [0.25, 0.3) is 0 Å². The van der Waals surface area contributed by atoms with Crippen LogP contribution in [0.1, 0.15) is 27.9 Å². The molecule has 1 heterocycles. The van der Waals surface area contributed by atoms with Gasteiger partial charge >= 0.3 is 0 Å². The smallest absolute Gasteiger partial charge is 0.175 e. The molecular formula is C21H16O3. The normalized spacial score (nSPS) is 15.4. The van der Waals surface area contributed by atoms with Crippen molar-refractivity contribution in [3.63, 3.8) is 0 Å². The molecular weight excluding hydrogens is 300 g/mol. The molecule has 3 aromatic carbocycles. The maximum Gasteiger partial charge on any atom is 0.175 e. The third-order valence-electron chi connectivity index (χ3n) is 4.46. The van der Waals surface area contributed by atoms with Gasteiger partial charge in [0.15, 0.2) is 11.4 Å². The Labute approximate surface area is 140 Å². The number of ketones is 1. The summed E-state index contributed by atoms with van der Waals surface area (Å²) >= 11 is 0. The second-order valence-corrected chi connectivity index (χ2v) is 5.91. The van der Waals surface area contributed by atoms with E-state index in [4.69, 9.17) is 4.74 Å². The van der Waals surface area contributed by atoms with E-state index in [9.17, 15) is 9.90 Å². The maximum absolute atomic E-state index is 12.8. The van der Waals surface area contributed by atoms with Crippen molar-refractivity contribution in [3.8, 4) is 11.5 Å². The molecule has 0 atom stereocenters. The van der Waals surface area contributed by atoms with Gasteiger partial charge < -0.3 is 9.84 Å². The predicted molar refractivity (Wildman–Crippen MR) is 91.3 cm³/mol. The number of carbonyl (C=O) groups excluding carboxylic acids is 1. The molecule has 3 nitrogen and oxygen atoms in total. The lowest BCUT2D eigenvalue weighted by atomic mass is 9.79. The molecule has 1 aliphatic heterocycles. The van der Waals surface area contributed by atoms with Crippen LogP contribution in [0.3, 0.4) is 0 Å². The third kappa shape index (κ3) is 2.17. The fourth-order valence-corrected chi connectivity index (χ4v) is 3.33. The standard InChI is InChI=1S/C21H16O3/c22-17-12-7-13-19-20(17)18(23)14-21(24-19,15-8-3-1-4-9-15)16-10-5-2-6-11-16/h1-13,22H,14H2. The topological polar surface area (TPSA) is 46.5 Å². The highest BCUT2D eigenvalue weighted by Gasteiger charge is 2.44. The van der Waals surface area contributed by atoms with Gasteiger partial charge in [0.25, 0.3) is 0 Å². The summed E-state index contributed by atoms with van der Waals surface area (Å²) in [7, 11) is 0. The molecule has 118 valence electrons. The van der Waals surface area contributed by atoms with Crippen molar-refractivity contribution >= 4 is 5.78 Å². The summed E-state index contributed by atoms with van der Waals surface area (Å²) in [5, 5.41) is 10.0. The highest BCUT2D eigenvalue weighted by atomic mass is 16.5. The summed E-state index contributed by atoms with van der Waals surface area (Å²) in [6.45, 7) is 0. The van der Waals surface area contributed by atoms with E-state index in [2.05, 4.69) is 0 Å². The summed E-state index contributed by atoms with van der Waals surface area (Å²) < 4.78 is 6.36. The van der Waals surface area contributed by atoms with E-state index in [1.807, 2.05) is 60.7 Å². The van der Waals surface area contributed by atoms with Crippen LogP contribution in [0, 0.1) is 0 Å². The second kappa shape index (κ2) is 5.53. The van der Waals surface area contributed by atoms with Crippen molar-refractivity contribution in [2.75, 3.05) is 0 Å². The number of benzene rings is 3. The fraction of sp³-hybridized carbons (Fsp3) is 0.0952. The molecule has 0 fully saturated rings. The van der Waals surface area contributed by atoms with Gasteiger partial charge in [0.1, 0.15) is 17.1 Å². The van der Waals surface area contributed by atoms with Gasteiger partial charge in [-0.3, -0.25) is 4.79 Å². The van der Waals surface area contributed by atoms with Crippen molar-refractivity contribution in [1.82, 2.24) is 0 Å². The van der Waals surface area contributed by atoms with Crippen LogP contribution >= 0.6 is 0 Å². The molecule has 0 bridgehead atoms. The molecule has 0 aromatic heterocycles. The molecule has 0 spiro atoms. The van der Waals surface area contributed by atoms with Gasteiger partial charge in [0.05, 0.1) is 6.42 Å². The molecule has 0 saturated carbocycles. The molecule has 4 rings (SSSR count). The Balaban J connectivity index is 1.95. The lowest BCUT2D eigenvalue weighted by molar-refractivity contribution is 0.0611. The van der Waals surface area contributed by atoms with Gasteiger partial charge in [-0.2, -0.15) is 0 Å². The Bertz CT molecular complexity index is 846. The van der Waals surface area contributed by atoms with E-state index in [1.54, 1.807) is 12.1 Å². The van der Waals surface area contributed by atoms with Gasteiger partial charge in [0, 0.05) is 11.1 Å². The van der Waals surface area contributed by atoms with E-state index in [0.29, 0.717) is 5.75 Å². The van der Waals surface area contributed by atoms with E-state index < -0.39 is 5.60 Å². The zero-order valence-electron chi connectivity index (χ0n) is 13.0. The van der Waals surface area contributed by atoms with Crippen LogP contribution in [0.5, 0.6) is 11.5 Å². The van der Waals surface area contributed by atoms with Crippen LogP contribution in [0.4, 0.5) is 0 Å². The summed E-state index contributed by atoms with van der Waals surface area (Å²) in [5.74, 6) is 0.258. The van der Waals surface area contributed by atoms with Gasteiger partial charge in [0.2, 0.25) is 0 Å². The van der Waals surface area contributed by atoms with Gasteiger partial charge in [-0.25, -0.2) is 0 Å². The zero-order chi connectivity index (χ0) is 16.6. The van der Waals surface area contributed by atoms with Gasteiger partial charge in [-0.1, -0.05) is 66.7 Å². The first-order valence-electron chi connectivity index (χ1n) is 7.86. The van der Waals surface area contributed by atoms with Crippen molar-refractivity contribution < 1.29 is 14.6 Å². The van der Waals surface area contributed by atoms with E-state index in [0.717, 1.165) is 11.1 Å². The summed E-state index contributed by atoms with van der Waals surface area (Å²) in [6.07, 6.45) is 0.144.